The highest BCUT2D eigenvalue weighted by Gasteiger charge is 1.97. The van der Waals surface area contributed by atoms with Gasteiger partial charge in [-0.2, -0.15) is 0 Å². The van der Waals surface area contributed by atoms with Gasteiger partial charge in [0.15, 0.2) is 0 Å². The van der Waals surface area contributed by atoms with Crippen LogP contribution in [0.15, 0.2) is 28.4 Å². The van der Waals surface area contributed by atoms with Crippen LogP contribution in [-0.4, -0.2) is 5.71 Å². The Morgan fingerprint density at radius 1 is 1.15 bits per heavy atom. The van der Waals surface area contributed by atoms with Gasteiger partial charge in [-0.05, 0) is 39.7 Å². The van der Waals surface area contributed by atoms with Gasteiger partial charge in [0, 0.05) is 11.4 Å². The maximum absolute atomic E-state index is 4.49. The molecule has 0 amide bonds. The Balaban J connectivity index is 4.50. The molecule has 0 rings (SSSR count). The third-order valence-corrected chi connectivity index (χ3v) is 2.12. The van der Waals surface area contributed by atoms with E-state index in [4.69, 9.17) is 0 Å². The lowest BCUT2D eigenvalue weighted by Gasteiger charge is -2.04. The number of allylic oxidation sites excluding steroid dienone is 3. The molecular formula is C12H21N. The van der Waals surface area contributed by atoms with E-state index in [1.54, 1.807) is 0 Å². The highest BCUT2D eigenvalue weighted by molar-refractivity contribution is 5.98. The molecule has 0 aromatic heterocycles. The molecular weight excluding hydrogens is 158 g/mol. The number of hydrogen-bond donors (Lipinski definition) is 0. The monoisotopic (exact) mass is 179 g/mol. The summed E-state index contributed by atoms with van der Waals surface area (Å²) in [5.74, 6) is 0. The van der Waals surface area contributed by atoms with Crippen LogP contribution >= 0.6 is 0 Å². The molecule has 0 saturated heterocycles. The predicted molar refractivity (Wildman–Crippen MR) is 61.2 cm³/mol. The van der Waals surface area contributed by atoms with Gasteiger partial charge in [0.2, 0.25) is 0 Å². The number of rotatable bonds is 4. The van der Waals surface area contributed by atoms with Gasteiger partial charge in [-0.1, -0.05) is 25.5 Å². The molecule has 0 aromatic rings. The van der Waals surface area contributed by atoms with E-state index < -0.39 is 0 Å². The highest BCUT2D eigenvalue weighted by Crippen LogP contribution is 2.09. The van der Waals surface area contributed by atoms with Crippen LogP contribution in [0.5, 0.6) is 0 Å². The highest BCUT2D eigenvalue weighted by atomic mass is 14.7. The summed E-state index contributed by atoms with van der Waals surface area (Å²) < 4.78 is 0. The lowest BCUT2D eigenvalue weighted by molar-refractivity contribution is 0.936. The summed E-state index contributed by atoms with van der Waals surface area (Å²) in [6.45, 7) is 14.4. The van der Waals surface area contributed by atoms with Gasteiger partial charge in [-0.25, -0.2) is 0 Å². The smallest absolute Gasteiger partial charge is 0.0401 e. The Morgan fingerprint density at radius 3 is 2.08 bits per heavy atom. The second-order valence-corrected chi connectivity index (χ2v) is 3.64. The molecule has 0 radical (unpaired) electrons. The minimum absolute atomic E-state index is 1.05. The summed E-state index contributed by atoms with van der Waals surface area (Å²) in [6.07, 6.45) is 2.19. The molecule has 0 saturated carbocycles. The third-order valence-electron chi connectivity index (χ3n) is 2.12. The molecule has 0 atom stereocenters. The van der Waals surface area contributed by atoms with Gasteiger partial charge in [-0.3, -0.25) is 4.99 Å². The molecule has 1 nitrogen and oxygen atoms in total. The molecule has 0 aliphatic carbocycles. The van der Waals surface area contributed by atoms with Crippen molar-refractivity contribution < 1.29 is 0 Å². The van der Waals surface area contributed by atoms with Crippen LogP contribution in [0.1, 0.15) is 47.5 Å². The van der Waals surface area contributed by atoms with Crippen LogP contribution in [0.3, 0.4) is 0 Å². The zero-order valence-electron chi connectivity index (χ0n) is 9.57. The molecule has 1 heteroatoms. The van der Waals surface area contributed by atoms with Crippen molar-refractivity contribution in [2.24, 2.45) is 4.99 Å². The Kier molecular flexibility index (Phi) is 5.36. The molecule has 13 heavy (non-hydrogen) atoms. The van der Waals surface area contributed by atoms with Crippen LogP contribution in [0.2, 0.25) is 0 Å². The first-order valence-corrected chi connectivity index (χ1v) is 4.86. The first-order chi connectivity index (χ1) is 5.99. The SMILES string of the molecule is C=C(CCC)C(C)=NC(C)=C(C)C. The van der Waals surface area contributed by atoms with Crippen LogP contribution in [0, 0.1) is 0 Å². The molecule has 0 unspecified atom stereocenters. The summed E-state index contributed by atoms with van der Waals surface area (Å²) in [5.41, 5.74) is 4.60. The van der Waals surface area contributed by atoms with Crippen molar-refractivity contribution >= 4 is 5.71 Å². The van der Waals surface area contributed by atoms with Crippen LogP contribution in [-0.2, 0) is 0 Å². The number of nitrogens with zero attached hydrogens (tertiary/aromatic N) is 1. The average molecular weight is 179 g/mol. The molecule has 0 aromatic carbocycles. The van der Waals surface area contributed by atoms with E-state index in [1.165, 1.54) is 5.57 Å². The van der Waals surface area contributed by atoms with Crippen molar-refractivity contribution in [3.8, 4) is 0 Å². The largest absolute Gasteiger partial charge is 0.258 e. The van der Waals surface area contributed by atoms with E-state index in [0.717, 1.165) is 29.8 Å². The normalized spacial score (nSPS) is 11.3. The summed E-state index contributed by atoms with van der Waals surface area (Å²) in [6, 6.07) is 0. The summed E-state index contributed by atoms with van der Waals surface area (Å²) >= 11 is 0. The van der Waals surface area contributed by atoms with Crippen molar-refractivity contribution in [3.63, 3.8) is 0 Å². The van der Waals surface area contributed by atoms with Gasteiger partial charge < -0.3 is 0 Å². The van der Waals surface area contributed by atoms with E-state index in [9.17, 15) is 0 Å². The predicted octanol–water partition coefficient (Wildman–Crippen LogP) is 4.12. The van der Waals surface area contributed by atoms with E-state index in [-0.39, 0.29) is 0 Å². The lowest BCUT2D eigenvalue weighted by atomic mass is 10.1. The number of aliphatic imine (C=N–C) groups is 1. The summed E-state index contributed by atoms with van der Waals surface area (Å²) in [5, 5.41) is 0. The van der Waals surface area contributed by atoms with Crippen LogP contribution in [0.25, 0.3) is 0 Å². The minimum atomic E-state index is 1.05. The van der Waals surface area contributed by atoms with Crippen molar-refractivity contribution in [1.82, 2.24) is 0 Å². The van der Waals surface area contributed by atoms with E-state index >= 15 is 0 Å². The van der Waals surface area contributed by atoms with Gasteiger partial charge in [0.25, 0.3) is 0 Å². The zero-order valence-corrected chi connectivity index (χ0v) is 9.57. The first kappa shape index (κ1) is 12.2. The fourth-order valence-corrected chi connectivity index (χ4v) is 0.925. The Hall–Kier alpha value is -0.850. The van der Waals surface area contributed by atoms with Crippen molar-refractivity contribution in [1.29, 1.82) is 0 Å². The topological polar surface area (TPSA) is 12.4 Å². The Morgan fingerprint density at radius 2 is 1.69 bits per heavy atom. The standard InChI is InChI=1S/C12H21N/c1-7-8-10(4)12(6)13-11(5)9(2)3/h4,7-8H2,1-3,5-6H3. The quantitative estimate of drug-likeness (QED) is 0.576. The maximum atomic E-state index is 4.49. The third kappa shape index (κ3) is 4.66. The van der Waals surface area contributed by atoms with Crippen molar-refractivity contribution in [2.75, 3.05) is 0 Å². The lowest BCUT2D eigenvalue weighted by Crippen LogP contribution is -1.96. The molecule has 74 valence electrons. The molecule has 0 bridgehead atoms. The summed E-state index contributed by atoms with van der Waals surface area (Å²) in [4.78, 5) is 4.49. The summed E-state index contributed by atoms with van der Waals surface area (Å²) in [7, 11) is 0. The van der Waals surface area contributed by atoms with Gasteiger partial charge >= 0.3 is 0 Å². The van der Waals surface area contributed by atoms with E-state index in [2.05, 4.69) is 32.3 Å². The minimum Gasteiger partial charge on any atom is -0.258 e. The fraction of sp³-hybridized carbons (Fsp3) is 0.583. The average Bonchev–Trinajstić information content (AvgIpc) is 2.04. The first-order valence-electron chi connectivity index (χ1n) is 4.86. The van der Waals surface area contributed by atoms with Gasteiger partial charge in [-0.15, -0.1) is 0 Å². The van der Waals surface area contributed by atoms with Crippen molar-refractivity contribution in [3.05, 3.63) is 23.4 Å². The fourth-order valence-electron chi connectivity index (χ4n) is 0.925. The number of hydrogen-bond acceptors (Lipinski definition) is 1. The van der Waals surface area contributed by atoms with E-state index in [0.29, 0.717) is 0 Å². The molecule has 0 spiro atoms. The molecule has 0 fully saturated rings. The molecule has 0 aliphatic rings. The Labute approximate surface area is 82.3 Å². The van der Waals surface area contributed by atoms with Gasteiger partial charge in [0.05, 0.1) is 0 Å². The van der Waals surface area contributed by atoms with Crippen molar-refractivity contribution in [2.45, 2.75) is 47.5 Å². The molecule has 0 heterocycles. The Bertz CT molecular complexity index is 240. The van der Waals surface area contributed by atoms with Gasteiger partial charge in [0.1, 0.15) is 0 Å². The maximum Gasteiger partial charge on any atom is 0.0401 e. The second kappa shape index (κ2) is 5.74. The second-order valence-electron chi connectivity index (χ2n) is 3.64. The van der Waals surface area contributed by atoms with Crippen LogP contribution < -0.4 is 0 Å². The zero-order chi connectivity index (χ0) is 10.4. The van der Waals surface area contributed by atoms with E-state index in [1.807, 2.05) is 13.8 Å². The van der Waals surface area contributed by atoms with Crippen LogP contribution in [0.4, 0.5) is 0 Å². The molecule has 0 N–H and O–H groups in total. The molecule has 0 aliphatic heterocycles.